The zero-order chi connectivity index (χ0) is 19.6. The normalized spacial score (nSPS) is 16.5. The maximum atomic E-state index is 12.8. The average molecular weight is 410 g/mol. The molecule has 8 nitrogen and oxygen atoms in total. The molecule has 1 aromatic heterocycles. The minimum Gasteiger partial charge on any atom is -0.369 e. The van der Waals surface area contributed by atoms with E-state index in [0.717, 1.165) is 12.8 Å². The lowest BCUT2D eigenvalue weighted by molar-refractivity contribution is -0.117. The van der Waals surface area contributed by atoms with Crippen molar-refractivity contribution in [2.24, 2.45) is 5.73 Å². The number of carbonyl (C=O) groups excluding carboxylic acids is 1. The van der Waals surface area contributed by atoms with E-state index in [1.54, 1.807) is 25.1 Å². The van der Waals surface area contributed by atoms with Gasteiger partial charge in [-0.15, -0.1) is 10.2 Å². The summed E-state index contributed by atoms with van der Waals surface area (Å²) < 4.78 is 29.0. The van der Waals surface area contributed by atoms with Gasteiger partial charge in [-0.05, 0) is 38.8 Å². The maximum absolute atomic E-state index is 12.8. The lowest BCUT2D eigenvalue weighted by Gasteiger charge is -2.16. The van der Waals surface area contributed by atoms with Gasteiger partial charge in [0.1, 0.15) is 0 Å². The van der Waals surface area contributed by atoms with Gasteiger partial charge in [0.25, 0.3) is 0 Å². The van der Waals surface area contributed by atoms with E-state index < -0.39 is 21.2 Å². The van der Waals surface area contributed by atoms with Crippen LogP contribution in [0.1, 0.15) is 26.7 Å². The van der Waals surface area contributed by atoms with Crippen molar-refractivity contribution in [3.05, 3.63) is 24.3 Å². The number of rotatable bonds is 7. The topological polar surface area (TPSA) is 111 Å². The van der Waals surface area contributed by atoms with E-state index in [1.165, 1.54) is 16.1 Å². The molecule has 10 heteroatoms. The molecule has 1 atom stereocenters. The van der Waals surface area contributed by atoms with Crippen LogP contribution in [0.4, 0.5) is 0 Å². The lowest BCUT2D eigenvalue weighted by Crippen LogP contribution is -2.27. The Balaban J connectivity index is 1.96. The quantitative estimate of drug-likeness (QED) is 0.697. The second kappa shape index (κ2) is 7.99. The minimum absolute atomic E-state index is 0.257. The smallest absolute Gasteiger partial charge is 0.243 e. The molecule has 0 bridgehead atoms. The van der Waals surface area contributed by atoms with Crippen LogP contribution in [0.5, 0.6) is 0 Å². The van der Waals surface area contributed by atoms with Crippen molar-refractivity contribution < 1.29 is 13.2 Å². The van der Waals surface area contributed by atoms with Gasteiger partial charge in [-0.25, -0.2) is 8.42 Å². The number of nitrogens with two attached hydrogens (primary N) is 1. The summed E-state index contributed by atoms with van der Waals surface area (Å²) >= 11 is 1.24. The Morgan fingerprint density at radius 3 is 2.63 bits per heavy atom. The number of primary amides is 1. The van der Waals surface area contributed by atoms with Gasteiger partial charge in [0.15, 0.2) is 11.0 Å². The molecule has 1 amide bonds. The fourth-order valence-corrected chi connectivity index (χ4v) is 5.39. The van der Waals surface area contributed by atoms with Crippen LogP contribution in [-0.4, -0.2) is 51.7 Å². The highest BCUT2D eigenvalue weighted by Gasteiger charge is 2.28. The van der Waals surface area contributed by atoms with Crippen molar-refractivity contribution in [1.82, 2.24) is 19.1 Å². The SMILES string of the molecule is CCn1c(S[C@@H](C)C(N)=O)nnc1-c1cccc(S(=O)(=O)N2CCCC2)c1. The number of benzene rings is 1. The maximum Gasteiger partial charge on any atom is 0.243 e. The highest BCUT2D eigenvalue weighted by atomic mass is 32.2. The van der Waals surface area contributed by atoms with Crippen molar-refractivity contribution in [1.29, 1.82) is 0 Å². The van der Waals surface area contributed by atoms with Gasteiger partial charge in [0.05, 0.1) is 10.1 Å². The molecule has 1 aromatic carbocycles. The Hall–Kier alpha value is -1.91. The van der Waals surface area contributed by atoms with Crippen LogP contribution in [0.15, 0.2) is 34.3 Å². The molecule has 1 aliphatic rings. The molecule has 3 rings (SSSR count). The second-order valence-electron chi connectivity index (χ2n) is 6.35. The van der Waals surface area contributed by atoms with Crippen LogP contribution >= 0.6 is 11.8 Å². The van der Waals surface area contributed by atoms with Gasteiger partial charge in [-0.2, -0.15) is 4.31 Å². The van der Waals surface area contributed by atoms with E-state index in [9.17, 15) is 13.2 Å². The first-order valence-electron chi connectivity index (χ1n) is 8.84. The van der Waals surface area contributed by atoms with E-state index >= 15 is 0 Å². The largest absolute Gasteiger partial charge is 0.369 e. The summed E-state index contributed by atoms with van der Waals surface area (Å²) in [4.78, 5) is 11.6. The Kier molecular flexibility index (Phi) is 5.87. The molecule has 27 heavy (non-hydrogen) atoms. The first kappa shape index (κ1) is 19.8. The third-order valence-corrected chi connectivity index (χ3v) is 7.50. The van der Waals surface area contributed by atoms with E-state index in [-0.39, 0.29) is 4.90 Å². The number of nitrogens with zero attached hydrogens (tertiary/aromatic N) is 4. The van der Waals surface area contributed by atoms with Gasteiger partial charge in [-0.3, -0.25) is 4.79 Å². The molecule has 0 unspecified atom stereocenters. The monoisotopic (exact) mass is 409 g/mol. The molecule has 1 fully saturated rings. The molecule has 0 radical (unpaired) electrons. The van der Waals surface area contributed by atoms with Gasteiger partial charge in [0.2, 0.25) is 15.9 Å². The molecule has 2 N–H and O–H groups in total. The molecule has 1 saturated heterocycles. The number of hydrogen-bond acceptors (Lipinski definition) is 6. The summed E-state index contributed by atoms with van der Waals surface area (Å²) in [7, 11) is -3.50. The standard InChI is InChI=1S/C17H23N5O3S2/c1-3-22-16(19-20-17(22)26-12(2)15(18)23)13-7-6-8-14(11-13)27(24,25)21-9-4-5-10-21/h6-8,11-12H,3-5,9-10H2,1-2H3,(H2,18,23)/t12-/m0/s1. The Labute approximate surface area is 163 Å². The Morgan fingerprint density at radius 1 is 1.30 bits per heavy atom. The van der Waals surface area contributed by atoms with E-state index in [0.29, 0.717) is 36.2 Å². The zero-order valence-corrected chi connectivity index (χ0v) is 17.0. The van der Waals surface area contributed by atoms with Gasteiger partial charge < -0.3 is 10.3 Å². The minimum atomic E-state index is -3.50. The van der Waals surface area contributed by atoms with Crippen LogP contribution in [-0.2, 0) is 21.4 Å². The predicted molar refractivity (Wildman–Crippen MR) is 104 cm³/mol. The highest BCUT2D eigenvalue weighted by Crippen LogP contribution is 2.29. The Morgan fingerprint density at radius 2 is 2.00 bits per heavy atom. The fourth-order valence-electron chi connectivity index (χ4n) is 2.96. The van der Waals surface area contributed by atoms with Gasteiger partial charge in [-0.1, -0.05) is 23.9 Å². The molecular weight excluding hydrogens is 386 g/mol. The Bertz CT molecular complexity index is 936. The van der Waals surface area contributed by atoms with Crippen molar-refractivity contribution in [3.63, 3.8) is 0 Å². The summed E-state index contributed by atoms with van der Waals surface area (Å²) in [6.45, 7) is 5.35. The molecule has 0 saturated carbocycles. The van der Waals surface area contributed by atoms with Crippen LogP contribution in [0.25, 0.3) is 11.4 Å². The van der Waals surface area contributed by atoms with Crippen LogP contribution in [0.3, 0.4) is 0 Å². The molecule has 146 valence electrons. The van der Waals surface area contributed by atoms with E-state index in [1.807, 2.05) is 17.6 Å². The zero-order valence-electron chi connectivity index (χ0n) is 15.3. The van der Waals surface area contributed by atoms with Crippen LogP contribution in [0, 0.1) is 0 Å². The van der Waals surface area contributed by atoms with Crippen molar-refractivity contribution in [3.8, 4) is 11.4 Å². The molecule has 2 heterocycles. The molecule has 2 aromatic rings. The first-order valence-corrected chi connectivity index (χ1v) is 11.2. The van der Waals surface area contributed by atoms with Gasteiger partial charge in [0, 0.05) is 25.2 Å². The number of aromatic nitrogens is 3. The van der Waals surface area contributed by atoms with E-state index in [2.05, 4.69) is 10.2 Å². The first-order chi connectivity index (χ1) is 12.8. The predicted octanol–water partition coefficient (Wildman–Crippen LogP) is 1.72. The summed E-state index contributed by atoms with van der Waals surface area (Å²) in [6.07, 6.45) is 1.78. The lowest BCUT2D eigenvalue weighted by atomic mass is 10.2. The van der Waals surface area contributed by atoms with Crippen LogP contribution in [0.2, 0.25) is 0 Å². The second-order valence-corrected chi connectivity index (χ2v) is 9.60. The molecular formula is C17H23N5O3S2. The fraction of sp³-hybridized carbons (Fsp3) is 0.471. The number of thioether (sulfide) groups is 1. The van der Waals surface area contributed by atoms with E-state index in [4.69, 9.17) is 5.73 Å². The summed E-state index contributed by atoms with van der Waals surface area (Å²) in [5.74, 6) is 0.140. The summed E-state index contributed by atoms with van der Waals surface area (Å²) in [5.41, 5.74) is 6.00. The summed E-state index contributed by atoms with van der Waals surface area (Å²) in [5, 5.41) is 8.52. The van der Waals surface area contributed by atoms with Gasteiger partial charge >= 0.3 is 0 Å². The molecule has 1 aliphatic heterocycles. The molecule has 0 spiro atoms. The van der Waals surface area contributed by atoms with Crippen molar-refractivity contribution >= 4 is 27.7 Å². The van der Waals surface area contributed by atoms with Crippen molar-refractivity contribution in [2.45, 2.75) is 48.5 Å². The number of carbonyl (C=O) groups is 1. The number of sulfonamides is 1. The average Bonchev–Trinajstić information content (AvgIpc) is 3.31. The molecule has 0 aliphatic carbocycles. The third kappa shape index (κ3) is 4.02. The summed E-state index contributed by atoms with van der Waals surface area (Å²) in [6, 6.07) is 6.77. The highest BCUT2D eigenvalue weighted by molar-refractivity contribution is 8.00. The number of hydrogen-bond donors (Lipinski definition) is 1. The van der Waals surface area contributed by atoms with Crippen molar-refractivity contribution in [2.75, 3.05) is 13.1 Å². The number of amides is 1. The van der Waals surface area contributed by atoms with Crippen LogP contribution < -0.4 is 5.73 Å². The third-order valence-electron chi connectivity index (χ3n) is 4.51.